The van der Waals surface area contributed by atoms with Crippen LogP contribution in [0.1, 0.15) is 12.5 Å². The fourth-order valence-corrected chi connectivity index (χ4v) is 1.65. The zero-order valence-corrected chi connectivity index (χ0v) is 10.3. The zero-order valence-electron chi connectivity index (χ0n) is 9.45. The second kappa shape index (κ2) is 6.26. The van der Waals surface area contributed by atoms with Crippen LogP contribution in [0.25, 0.3) is 0 Å². The van der Waals surface area contributed by atoms with Crippen molar-refractivity contribution in [3.8, 4) is 11.8 Å². The lowest BCUT2D eigenvalue weighted by Crippen LogP contribution is -1.98. The third-order valence-corrected chi connectivity index (χ3v) is 2.74. The van der Waals surface area contributed by atoms with Gasteiger partial charge >= 0.3 is 0 Å². The average molecular weight is 234 g/mol. The molecule has 1 aromatic rings. The molecule has 3 heteroatoms. The van der Waals surface area contributed by atoms with Gasteiger partial charge in [0.05, 0.1) is 4.90 Å². The van der Waals surface area contributed by atoms with Gasteiger partial charge in [-0.05, 0) is 31.6 Å². The summed E-state index contributed by atoms with van der Waals surface area (Å²) in [5.74, 6) is 5.49. The van der Waals surface area contributed by atoms with Crippen molar-refractivity contribution in [2.45, 2.75) is 18.7 Å². The Bertz CT molecular complexity index is 449. The number of allylic oxidation sites excluding steroid dienone is 1. The lowest BCUT2D eigenvalue weighted by Gasteiger charge is -2.00. The minimum absolute atomic E-state index is 0.146. The van der Waals surface area contributed by atoms with E-state index in [1.807, 2.05) is 26.0 Å². The molecule has 0 fully saturated rings. The minimum Gasteiger partial charge on any atom is -0.274 e. The molecule has 0 spiro atoms. The zero-order chi connectivity index (χ0) is 12.0. The summed E-state index contributed by atoms with van der Waals surface area (Å²) >= 11 is -1.44. The Morgan fingerprint density at radius 1 is 1.44 bits per heavy atom. The normalized spacial score (nSPS) is 11.4. The Hall–Kier alpha value is -1.37. The molecular formula is C13H14O2S. The van der Waals surface area contributed by atoms with Crippen LogP contribution < -0.4 is 0 Å². The quantitative estimate of drug-likeness (QED) is 0.751. The first-order valence-electron chi connectivity index (χ1n) is 4.85. The predicted molar refractivity (Wildman–Crippen MR) is 66.1 cm³/mol. The van der Waals surface area contributed by atoms with Crippen molar-refractivity contribution in [3.63, 3.8) is 0 Å². The molecule has 1 aromatic carbocycles. The van der Waals surface area contributed by atoms with Gasteiger partial charge in [-0.3, -0.25) is 4.18 Å². The SMILES string of the molecule is C=C(C)C#CCO[S@](=O)c1ccc(C)cc1. The van der Waals surface area contributed by atoms with Gasteiger partial charge in [0.2, 0.25) is 0 Å². The molecule has 0 aliphatic heterocycles. The van der Waals surface area contributed by atoms with E-state index in [9.17, 15) is 4.21 Å². The lowest BCUT2D eigenvalue weighted by molar-refractivity contribution is 0.402. The fraction of sp³-hybridized carbons (Fsp3) is 0.231. The number of aryl methyl sites for hydroxylation is 1. The Morgan fingerprint density at radius 2 is 2.06 bits per heavy atom. The van der Waals surface area contributed by atoms with Gasteiger partial charge in [0.1, 0.15) is 6.61 Å². The topological polar surface area (TPSA) is 26.3 Å². The molecule has 0 aliphatic rings. The maximum absolute atomic E-state index is 11.6. The molecule has 84 valence electrons. The van der Waals surface area contributed by atoms with E-state index >= 15 is 0 Å². The van der Waals surface area contributed by atoms with Gasteiger partial charge in [0, 0.05) is 0 Å². The highest BCUT2D eigenvalue weighted by atomic mass is 32.2. The van der Waals surface area contributed by atoms with Crippen molar-refractivity contribution in [3.05, 3.63) is 42.0 Å². The molecule has 0 saturated carbocycles. The van der Waals surface area contributed by atoms with Crippen molar-refractivity contribution >= 4 is 11.1 Å². The van der Waals surface area contributed by atoms with E-state index in [4.69, 9.17) is 4.18 Å². The first kappa shape index (κ1) is 12.7. The average Bonchev–Trinajstić information content (AvgIpc) is 2.25. The highest BCUT2D eigenvalue weighted by Gasteiger charge is 2.02. The molecule has 1 rings (SSSR count). The molecule has 0 aromatic heterocycles. The minimum atomic E-state index is -1.44. The molecule has 0 radical (unpaired) electrons. The second-order valence-electron chi connectivity index (χ2n) is 3.39. The highest BCUT2D eigenvalue weighted by Crippen LogP contribution is 2.08. The van der Waals surface area contributed by atoms with Crippen LogP contribution in [0.4, 0.5) is 0 Å². The number of rotatable bonds is 3. The first-order chi connectivity index (χ1) is 7.59. The summed E-state index contributed by atoms with van der Waals surface area (Å²) in [6.45, 7) is 7.57. The van der Waals surface area contributed by atoms with E-state index in [2.05, 4.69) is 18.4 Å². The Morgan fingerprint density at radius 3 is 2.62 bits per heavy atom. The molecule has 1 atom stereocenters. The van der Waals surface area contributed by atoms with Crippen molar-refractivity contribution in [1.82, 2.24) is 0 Å². The first-order valence-corrected chi connectivity index (χ1v) is 5.93. The van der Waals surface area contributed by atoms with Gasteiger partial charge in [0.25, 0.3) is 0 Å². The molecule has 2 nitrogen and oxygen atoms in total. The van der Waals surface area contributed by atoms with Gasteiger partial charge < -0.3 is 0 Å². The molecule has 0 unspecified atom stereocenters. The molecule has 0 N–H and O–H groups in total. The third-order valence-electron chi connectivity index (χ3n) is 1.75. The lowest BCUT2D eigenvalue weighted by atomic mass is 10.2. The van der Waals surface area contributed by atoms with Crippen LogP contribution in [0.15, 0.2) is 41.3 Å². The molecule has 0 saturated heterocycles. The fourth-order valence-electron chi connectivity index (χ4n) is 0.987. The Balaban J connectivity index is 2.51. The molecule has 16 heavy (non-hydrogen) atoms. The van der Waals surface area contributed by atoms with Gasteiger partial charge in [-0.25, -0.2) is 4.21 Å². The van der Waals surface area contributed by atoms with Crippen molar-refractivity contribution in [2.24, 2.45) is 0 Å². The van der Waals surface area contributed by atoms with E-state index in [1.165, 1.54) is 0 Å². The van der Waals surface area contributed by atoms with E-state index in [-0.39, 0.29) is 6.61 Å². The van der Waals surface area contributed by atoms with Crippen molar-refractivity contribution in [1.29, 1.82) is 0 Å². The Labute approximate surface area is 99.0 Å². The summed E-state index contributed by atoms with van der Waals surface area (Å²) in [7, 11) is 0. The van der Waals surface area contributed by atoms with E-state index in [0.29, 0.717) is 4.90 Å². The second-order valence-corrected chi connectivity index (χ2v) is 4.57. The summed E-state index contributed by atoms with van der Waals surface area (Å²) in [6.07, 6.45) is 0. The smallest absolute Gasteiger partial charge is 0.190 e. The van der Waals surface area contributed by atoms with Gasteiger partial charge in [-0.1, -0.05) is 36.1 Å². The van der Waals surface area contributed by atoms with E-state index in [1.54, 1.807) is 12.1 Å². The van der Waals surface area contributed by atoms with Gasteiger partial charge in [-0.2, -0.15) is 0 Å². The maximum atomic E-state index is 11.6. The van der Waals surface area contributed by atoms with Crippen LogP contribution in [0.3, 0.4) is 0 Å². The number of benzene rings is 1. The van der Waals surface area contributed by atoms with E-state index < -0.39 is 11.1 Å². The van der Waals surface area contributed by atoms with Crippen LogP contribution in [0, 0.1) is 18.8 Å². The Kier molecular flexibility index (Phi) is 4.97. The third kappa shape index (κ3) is 4.43. The summed E-state index contributed by atoms with van der Waals surface area (Å²) in [5.41, 5.74) is 1.90. The summed E-state index contributed by atoms with van der Waals surface area (Å²) < 4.78 is 16.7. The summed E-state index contributed by atoms with van der Waals surface area (Å²) in [5, 5.41) is 0. The van der Waals surface area contributed by atoms with Gasteiger partial charge in [0.15, 0.2) is 11.1 Å². The standard InChI is InChI=1S/C13H14O2S/c1-11(2)5-4-10-15-16(14)13-8-6-12(3)7-9-13/h6-9H,1,10H2,2-3H3/t16-/m0/s1. The van der Waals surface area contributed by atoms with Crippen LogP contribution >= 0.6 is 0 Å². The summed E-state index contributed by atoms with van der Waals surface area (Å²) in [6, 6.07) is 7.38. The van der Waals surface area contributed by atoms with Crippen LogP contribution in [0.5, 0.6) is 0 Å². The van der Waals surface area contributed by atoms with Gasteiger partial charge in [-0.15, -0.1) is 0 Å². The predicted octanol–water partition coefficient (Wildman–Crippen LogP) is 2.61. The summed E-state index contributed by atoms with van der Waals surface area (Å²) in [4.78, 5) is 0.655. The number of hydrogen-bond donors (Lipinski definition) is 0. The monoisotopic (exact) mass is 234 g/mol. The highest BCUT2D eigenvalue weighted by molar-refractivity contribution is 7.80. The van der Waals surface area contributed by atoms with Crippen molar-refractivity contribution < 1.29 is 8.39 Å². The molecule has 0 amide bonds. The van der Waals surface area contributed by atoms with Crippen molar-refractivity contribution in [2.75, 3.05) is 6.61 Å². The molecule has 0 bridgehead atoms. The van der Waals surface area contributed by atoms with Crippen LogP contribution in [-0.2, 0) is 15.3 Å². The van der Waals surface area contributed by atoms with Crippen LogP contribution in [0.2, 0.25) is 0 Å². The molecular weight excluding hydrogens is 220 g/mol. The molecule has 0 heterocycles. The molecule has 0 aliphatic carbocycles. The van der Waals surface area contributed by atoms with E-state index in [0.717, 1.165) is 11.1 Å². The maximum Gasteiger partial charge on any atom is 0.190 e. The number of hydrogen-bond acceptors (Lipinski definition) is 2. The largest absolute Gasteiger partial charge is 0.274 e. The van der Waals surface area contributed by atoms with Crippen LogP contribution in [-0.4, -0.2) is 10.8 Å².